The molecule has 0 saturated carbocycles. The lowest BCUT2D eigenvalue weighted by atomic mass is 10.2. The van der Waals surface area contributed by atoms with Crippen molar-refractivity contribution < 1.29 is 17.6 Å². The fraction of sp³-hybridized carbons (Fsp3) is 0.389. The number of anilines is 1. The first-order valence-electron chi connectivity index (χ1n) is 8.42. The van der Waals surface area contributed by atoms with Crippen LogP contribution in [0.3, 0.4) is 0 Å². The predicted octanol–water partition coefficient (Wildman–Crippen LogP) is 2.64. The van der Waals surface area contributed by atoms with Crippen molar-refractivity contribution in [2.24, 2.45) is 0 Å². The minimum absolute atomic E-state index is 0.111. The second-order valence-corrected chi connectivity index (χ2v) is 8.13. The normalized spacial score (nSPS) is 14.2. The van der Waals surface area contributed by atoms with E-state index in [1.165, 1.54) is 12.1 Å². The van der Waals surface area contributed by atoms with Gasteiger partial charge in [0.1, 0.15) is 5.76 Å². The van der Waals surface area contributed by atoms with Crippen LogP contribution in [0.2, 0.25) is 0 Å². The lowest BCUT2D eigenvalue weighted by Crippen LogP contribution is -2.39. The van der Waals surface area contributed by atoms with Gasteiger partial charge in [-0.05, 0) is 64.1 Å². The highest BCUT2D eigenvalue weighted by Gasteiger charge is 2.19. The molecule has 0 saturated heterocycles. The second-order valence-electron chi connectivity index (χ2n) is 6.42. The monoisotopic (exact) mass is 379 g/mol. The van der Waals surface area contributed by atoms with Crippen molar-refractivity contribution in [1.29, 1.82) is 0 Å². The van der Waals surface area contributed by atoms with Gasteiger partial charge in [0.25, 0.3) is 0 Å². The summed E-state index contributed by atoms with van der Waals surface area (Å²) in [6, 6.07) is 8.93. The van der Waals surface area contributed by atoms with Crippen LogP contribution in [0.25, 0.3) is 0 Å². The number of benzene rings is 1. The van der Waals surface area contributed by atoms with Crippen LogP contribution in [0.5, 0.6) is 0 Å². The first-order chi connectivity index (χ1) is 12.2. The maximum atomic E-state index is 12.3. The standard InChI is InChI=1S/C18H25N3O4S/c1-12(2)21-26(23,24)16-9-7-15(8-10-16)20-18(22)14(4)19-13(3)17-6-5-11-25-17/h5-14,19,21H,1-4H3,(H,20,22)/t13-,14+/m1/s1. The molecule has 0 aliphatic rings. The topological polar surface area (TPSA) is 100 Å². The minimum atomic E-state index is -3.55. The Kier molecular flexibility index (Phi) is 6.57. The van der Waals surface area contributed by atoms with Gasteiger partial charge in [-0.25, -0.2) is 13.1 Å². The van der Waals surface area contributed by atoms with Crippen molar-refractivity contribution in [3.8, 4) is 0 Å². The number of sulfonamides is 1. The molecule has 8 heteroatoms. The van der Waals surface area contributed by atoms with E-state index in [2.05, 4.69) is 15.4 Å². The number of hydrogen-bond acceptors (Lipinski definition) is 5. The predicted molar refractivity (Wildman–Crippen MR) is 100 cm³/mol. The van der Waals surface area contributed by atoms with Gasteiger partial charge in [0, 0.05) is 11.7 Å². The van der Waals surface area contributed by atoms with Gasteiger partial charge in [-0.2, -0.15) is 0 Å². The molecule has 0 spiro atoms. The number of rotatable bonds is 8. The van der Waals surface area contributed by atoms with Crippen LogP contribution in [0, 0.1) is 0 Å². The van der Waals surface area contributed by atoms with Crippen molar-refractivity contribution >= 4 is 21.6 Å². The highest BCUT2D eigenvalue weighted by molar-refractivity contribution is 7.89. The van der Waals surface area contributed by atoms with Crippen LogP contribution >= 0.6 is 0 Å². The molecule has 1 heterocycles. The average Bonchev–Trinajstić information content (AvgIpc) is 3.08. The van der Waals surface area contributed by atoms with Crippen LogP contribution in [0.15, 0.2) is 52.0 Å². The summed E-state index contributed by atoms with van der Waals surface area (Å²) in [7, 11) is -3.55. The third-order valence-corrected chi connectivity index (χ3v) is 5.36. The smallest absolute Gasteiger partial charge is 0.241 e. The van der Waals surface area contributed by atoms with E-state index in [-0.39, 0.29) is 22.9 Å². The van der Waals surface area contributed by atoms with E-state index >= 15 is 0 Å². The molecule has 26 heavy (non-hydrogen) atoms. The maximum Gasteiger partial charge on any atom is 0.241 e. The lowest BCUT2D eigenvalue weighted by molar-refractivity contribution is -0.118. The van der Waals surface area contributed by atoms with Crippen LogP contribution in [-0.2, 0) is 14.8 Å². The Morgan fingerprint density at radius 1 is 1.04 bits per heavy atom. The third kappa shape index (κ3) is 5.42. The Bertz CT molecular complexity index is 815. The molecule has 1 aromatic heterocycles. The number of carbonyl (C=O) groups excluding carboxylic acids is 1. The molecular formula is C18H25N3O4S. The molecule has 0 unspecified atom stereocenters. The molecule has 1 amide bonds. The van der Waals surface area contributed by atoms with Crippen LogP contribution in [-0.4, -0.2) is 26.4 Å². The first kappa shape index (κ1) is 20.2. The number of amides is 1. The molecule has 2 rings (SSSR count). The summed E-state index contributed by atoms with van der Waals surface area (Å²) < 4.78 is 32.0. The molecular weight excluding hydrogens is 354 g/mol. The van der Waals surface area contributed by atoms with Crippen LogP contribution < -0.4 is 15.4 Å². The summed E-state index contributed by atoms with van der Waals surface area (Å²) >= 11 is 0. The van der Waals surface area contributed by atoms with Gasteiger partial charge in [-0.3, -0.25) is 10.1 Å². The Labute approximate surface area is 154 Å². The van der Waals surface area contributed by atoms with Gasteiger partial charge in [0.2, 0.25) is 15.9 Å². The van der Waals surface area contributed by atoms with Crippen molar-refractivity contribution in [2.45, 2.75) is 50.7 Å². The Hall–Kier alpha value is -2.16. The summed E-state index contributed by atoms with van der Waals surface area (Å²) in [5.41, 5.74) is 0.526. The zero-order chi connectivity index (χ0) is 19.3. The highest BCUT2D eigenvalue weighted by Crippen LogP contribution is 2.16. The fourth-order valence-electron chi connectivity index (χ4n) is 2.42. The molecule has 0 aliphatic heterocycles. The van der Waals surface area contributed by atoms with Gasteiger partial charge in [-0.15, -0.1) is 0 Å². The van der Waals surface area contributed by atoms with Crippen molar-refractivity contribution in [1.82, 2.24) is 10.0 Å². The van der Waals surface area contributed by atoms with Gasteiger partial charge in [0.15, 0.2) is 0 Å². The van der Waals surface area contributed by atoms with E-state index in [9.17, 15) is 13.2 Å². The minimum Gasteiger partial charge on any atom is -0.468 e. The van der Waals surface area contributed by atoms with Crippen molar-refractivity contribution in [3.05, 3.63) is 48.4 Å². The quantitative estimate of drug-likeness (QED) is 0.655. The van der Waals surface area contributed by atoms with E-state index < -0.39 is 16.1 Å². The zero-order valence-electron chi connectivity index (χ0n) is 15.3. The largest absolute Gasteiger partial charge is 0.468 e. The average molecular weight is 379 g/mol. The number of furan rings is 1. The Morgan fingerprint density at radius 2 is 1.69 bits per heavy atom. The van der Waals surface area contributed by atoms with Crippen LogP contribution in [0.1, 0.15) is 39.5 Å². The number of hydrogen-bond donors (Lipinski definition) is 3. The van der Waals surface area contributed by atoms with Crippen molar-refractivity contribution in [3.63, 3.8) is 0 Å². The Balaban J connectivity index is 1.96. The van der Waals surface area contributed by atoms with E-state index in [0.29, 0.717) is 5.69 Å². The van der Waals surface area contributed by atoms with Crippen LogP contribution in [0.4, 0.5) is 5.69 Å². The molecule has 0 fully saturated rings. The number of nitrogens with one attached hydrogen (secondary N) is 3. The Morgan fingerprint density at radius 3 is 2.23 bits per heavy atom. The zero-order valence-corrected chi connectivity index (χ0v) is 16.1. The molecule has 0 aliphatic carbocycles. The van der Waals surface area contributed by atoms with Gasteiger partial charge < -0.3 is 9.73 Å². The van der Waals surface area contributed by atoms with E-state index in [1.54, 1.807) is 45.2 Å². The molecule has 3 N–H and O–H groups in total. The molecule has 7 nitrogen and oxygen atoms in total. The third-order valence-electron chi connectivity index (χ3n) is 3.69. The second kappa shape index (κ2) is 8.48. The summed E-state index contributed by atoms with van der Waals surface area (Å²) in [6.45, 7) is 7.17. The summed E-state index contributed by atoms with van der Waals surface area (Å²) in [5, 5.41) is 5.91. The van der Waals surface area contributed by atoms with E-state index in [1.807, 2.05) is 13.0 Å². The fourth-order valence-corrected chi connectivity index (χ4v) is 3.67. The molecule has 0 radical (unpaired) electrons. The molecule has 142 valence electrons. The molecule has 1 aromatic carbocycles. The highest BCUT2D eigenvalue weighted by atomic mass is 32.2. The molecule has 2 atom stereocenters. The van der Waals surface area contributed by atoms with Crippen molar-refractivity contribution in [2.75, 3.05) is 5.32 Å². The molecule has 2 aromatic rings. The SMILES string of the molecule is CC(C)NS(=O)(=O)c1ccc(NC(=O)[C@H](C)N[C@H](C)c2ccco2)cc1. The van der Waals surface area contributed by atoms with E-state index in [4.69, 9.17) is 4.42 Å². The summed E-state index contributed by atoms with van der Waals surface area (Å²) in [6.07, 6.45) is 1.59. The lowest BCUT2D eigenvalue weighted by Gasteiger charge is -2.18. The molecule has 0 bridgehead atoms. The van der Waals surface area contributed by atoms with E-state index in [0.717, 1.165) is 5.76 Å². The first-order valence-corrected chi connectivity index (χ1v) is 9.90. The van der Waals surface area contributed by atoms with Gasteiger partial charge in [0.05, 0.1) is 23.2 Å². The van der Waals surface area contributed by atoms with Gasteiger partial charge in [-0.1, -0.05) is 0 Å². The summed E-state index contributed by atoms with van der Waals surface area (Å²) in [4.78, 5) is 12.5. The number of carbonyl (C=O) groups is 1. The van der Waals surface area contributed by atoms with Gasteiger partial charge >= 0.3 is 0 Å². The maximum absolute atomic E-state index is 12.3. The summed E-state index contributed by atoms with van der Waals surface area (Å²) in [5.74, 6) is 0.524.